The monoisotopic (exact) mass is 212 g/mol. The van der Waals surface area contributed by atoms with E-state index in [1.54, 1.807) is 4.90 Å². The molecule has 0 bridgehead atoms. The summed E-state index contributed by atoms with van der Waals surface area (Å²) in [7, 11) is 0. The van der Waals surface area contributed by atoms with Crippen LogP contribution in [0.1, 0.15) is 33.6 Å². The maximum absolute atomic E-state index is 12.0. The third kappa shape index (κ3) is 2.49. The van der Waals surface area contributed by atoms with Crippen molar-refractivity contribution in [2.45, 2.75) is 39.7 Å². The van der Waals surface area contributed by atoms with Crippen molar-refractivity contribution in [3.05, 3.63) is 0 Å². The van der Waals surface area contributed by atoms with Crippen LogP contribution in [0.5, 0.6) is 0 Å². The van der Waals surface area contributed by atoms with Gasteiger partial charge in [0.2, 0.25) is 11.8 Å². The molecule has 0 radical (unpaired) electrons. The summed E-state index contributed by atoms with van der Waals surface area (Å²) >= 11 is 0. The summed E-state index contributed by atoms with van der Waals surface area (Å²) in [4.78, 5) is 24.8. The van der Waals surface area contributed by atoms with Crippen LogP contribution in [0.2, 0.25) is 0 Å². The van der Waals surface area contributed by atoms with Crippen LogP contribution >= 0.6 is 0 Å². The number of nitrogens with two attached hydrogens (primary N) is 1. The maximum atomic E-state index is 12.0. The molecule has 1 unspecified atom stereocenters. The van der Waals surface area contributed by atoms with Gasteiger partial charge in [-0.05, 0) is 18.8 Å². The number of carbonyl (C=O) groups is 2. The van der Waals surface area contributed by atoms with E-state index in [0.717, 1.165) is 6.42 Å². The lowest BCUT2D eigenvalue weighted by atomic mass is 9.96. The molecule has 1 fully saturated rings. The van der Waals surface area contributed by atoms with Crippen molar-refractivity contribution in [2.24, 2.45) is 17.6 Å². The third-order valence-corrected chi connectivity index (χ3v) is 3.25. The molecule has 4 nitrogen and oxygen atoms in total. The van der Waals surface area contributed by atoms with Crippen molar-refractivity contribution in [1.29, 1.82) is 0 Å². The van der Waals surface area contributed by atoms with Gasteiger partial charge in [0.1, 0.15) is 6.04 Å². The molecule has 0 aliphatic carbocycles. The summed E-state index contributed by atoms with van der Waals surface area (Å²) in [6.45, 7) is 6.60. The molecule has 0 spiro atoms. The second-order valence-corrected chi connectivity index (χ2v) is 4.62. The molecule has 2 amide bonds. The lowest BCUT2D eigenvalue weighted by Gasteiger charge is -2.27. The highest BCUT2D eigenvalue weighted by atomic mass is 16.2. The largest absolute Gasteiger partial charge is 0.368 e. The number of rotatable bonds is 3. The smallest absolute Gasteiger partial charge is 0.240 e. The molecule has 1 saturated heterocycles. The minimum Gasteiger partial charge on any atom is -0.368 e. The highest BCUT2D eigenvalue weighted by Gasteiger charge is 2.35. The van der Waals surface area contributed by atoms with Crippen molar-refractivity contribution in [2.75, 3.05) is 6.54 Å². The molecule has 1 aliphatic heterocycles. The molecule has 15 heavy (non-hydrogen) atoms. The van der Waals surface area contributed by atoms with E-state index in [-0.39, 0.29) is 23.8 Å². The Morgan fingerprint density at radius 3 is 2.40 bits per heavy atom. The summed E-state index contributed by atoms with van der Waals surface area (Å²) in [6.07, 6.45) is 1.59. The van der Waals surface area contributed by atoms with Gasteiger partial charge in [-0.2, -0.15) is 0 Å². The quantitative estimate of drug-likeness (QED) is 0.750. The minimum atomic E-state index is -0.378. The van der Waals surface area contributed by atoms with Crippen LogP contribution in [0, 0.1) is 11.8 Å². The van der Waals surface area contributed by atoms with Crippen molar-refractivity contribution in [3.8, 4) is 0 Å². The highest BCUT2D eigenvalue weighted by molar-refractivity contribution is 5.88. The van der Waals surface area contributed by atoms with Crippen LogP contribution in [-0.2, 0) is 9.59 Å². The summed E-state index contributed by atoms with van der Waals surface area (Å²) in [5.41, 5.74) is 5.27. The Morgan fingerprint density at radius 1 is 1.33 bits per heavy atom. The van der Waals surface area contributed by atoms with E-state index in [1.165, 1.54) is 0 Å². The van der Waals surface area contributed by atoms with Crippen molar-refractivity contribution < 1.29 is 9.59 Å². The molecule has 4 heteroatoms. The second-order valence-electron chi connectivity index (χ2n) is 4.62. The highest BCUT2D eigenvalue weighted by Crippen LogP contribution is 2.22. The molecule has 0 aromatic heterocycles. The molecular formula is C11H20N2O2. The maximum Gasteiger partial charge on any atom is 0.240 e. The van der Waals surface area contributed by atoms with Gasteiger partial charge in [0.05, 0.1) is 0 Å². The van der Waals surface area contributed by atoms with Gasteiger partial charge in [0, 0.05) is 12.5 Å². The van der Waals surface area contributed by atoms with E-state index in [4.69, 9.17) is 5.73 Å². The summed E-state index contributed by atoms with van der Waals surface area (Å²) in [6, 6.07) is -0.376. The number of nitrogens with zero attached hydrogens (tertiary/aromatic N) is 1. The topological polar surface area (TPSA) is 63.4 Å². The molecular weight excluding hydrogens is 192 g/mol. The molecule has 0 aromatic rings. The predicted octanol–water partition coefficient (Wildman–Crippen LogP) is 0.755. The Bertz CT molecular complexity index is 263. The van der Waals surface area contributed by atoms with Gasteiger partial charge >= 0.3 is 0 Å². The van der Waals surface area contributed by atoms with E-state index in [1.807, 2.05) is 20.8 Å². The van der Waals surface area contributed by atoms with Crippen molar-refractivity contribution >= 4 is 11.8 Å². The van der Waals surface area contributed by atoms with E-state index in [2.05, 4.69) is 0 Å². The van der Waals surface area contributed by atoms with Crippen LogP contribution in [0.3, 0.4) is 0 Å². The van der Waals surface area contributed by atoms with Gasteiger partial charge < -0.3 is 10.6 Å². The number of likely N-dealkylation sites (tertiary alicyclic amines) is 1. The zero-order chi connectivity index (χ0) is 11.6. The molecule has 1 rings (SSSR count). The standard InChI is InChI=1S/C11H20N2O2/c1-7(2)8(3)11(15)13-6-4-5-9(13)10(12)14/h7-9H,4-6H2,1-3H3,(H2,12,14)/t8-,9?/m1/s1. The minimum absolute atomic E-state index is 0.0371. The number of primary amides is 1. The van der Waals surface area contributed by atoms with Gasteiger partial charge in [-0.1, -0.05) is 20.8 Å². The summed E-state index contributed by atoms with van der Waals surface area (Å²) in [5, 5.41) is 0. The number of hydrogen-bond acceptors (Lipinski definition) is 2. The molecule has 1 heterocycles. The van der Waals surface area contributed by atoms with E-state index < -0.39 is 0 Å². The average molecular weight is 212 g/mol. The summed E-state index contributed by atoms with van der Waals surface area (Å²) < 4.78 is 0. The number of amides is 2. The normalized spacial score (nSPS) is 23.2. The van der Waals surface area contributed by atoms with Crippen LogP contribution in [-0.4, -0.2) is 29.3 Å². The zero-order valence-electron chi connectivity index (χ0n) is 9.69. The number of carbonyl (C=O) groups excluding carboxylic acids is 2. The summed E-state index contributed by atoms with van der Waals surface area (Å²) in [5.74, 6) is -0.0558. The third-order valence-electron chi connectivity index (χ3n) is 3.25. The first-order valence-electron chi connectivity index (χ1n) is 5.55. The Morgan fingerprint density at radius 2 is 1.93 bits per heavy atom. The molecule has 0 aromatic carbocycles. The second kappa shape index (κ2) is 4.64. The van der Waals surface area contributed by atoms with E-state index in [0.29, 0.717) is 18.9 Å². The van der Waals surface area contributed by atoms with Gasteiger partial charge in [-0.15, -0.1) is 0 Å². The first-order chi connectivity index (χ1) is 6.95. The first kappa shape index (κ1) is 12.0. The van der Waals surface area contributed by atoms with Gasteiger partial charge in [0.15, 0.2) is 0 Å². The van der Waals surface area contributed by atoms with Gasteiger partial charge in [0.25, 0.3) is 0 Å². The molecule has 2 N–H and O–H groups in total. The SMILES string of the molecule is CC(C)[C@@H](C)C(=O)N1CCCC1C(N)=O. The Labute approximate surface area is 90.8 Å². The molecule has 86 valence electrons. The zero-order valence-corrected chi connectivity index (χ0v) is 9.69. The van der Waals surface area contributed by atoms with Crippen LogP contribution in [0.25, 0.3) is 0 Å². The van der Waals surface area contributed by atoms with Crippen LogP contribution in [0.4, 0.5) is 0 Å². The van der Waals surface area contributed by atoms with Crippen molar-refractivity contribution in [1.82, 2.24) is 4.90 Å². The average Bonchev–Trinajstić information content (AvgIpc) is 2.63. The van der Waals surface area contributed by atoms with Crippen LogP contribution in [0.15, 0.2) is 0 Å². The molecule has 0 saturated carbocycles. The van der Waals surface area contributed by atoms with Crippen LogP contribution < -0.4 is 5.73 Å². The van der Waals surface area contributed by atoms with E-state index >= 15 is 0 Å². The van der Waals surface area contributed by atoms with Gasteiger partial charge in [-0.3, -0.25) is 9.59 Å². The van der Waals surface area contributed by atoms with Gasteiger partial charge in [-0.25, -0.2) is 0 Å². The first-order valence-corrected chi connectivity index (χ1v) is 5.55. The lowest BCUT2D eigenvalue weighted by molar-refractivity contribution is -0.141. The predicted molar refractivity (Wildman–Crippen MR) is 57.9 cm³/mol. The fourth-order valence-electron chi connectivity index (χ4n) is 1.87. The fourth-order valence-corrected chi connectivity index (χ4v) is 1.87. The van der Waals surface area contributed by atoms with Crippen molar-refractivity contribution in [3.63, 3.8) is 0 Å². The molecule has 1 aliphatic rings. The lowest BCUT2D eigenvalue weighted by Crippen LogP contribution is -2.46. The molecule has 2 atom stereocenters. The van der Waals surface area contributed by atoms with E-state index in [9.17, 15) is 9.59 Å². The number of hydrogen-bond donors (Lipinski definition) is 1. The fraction of sp³-hybridized carbons (Fsp3) is 0.818. The Hall–Kier alpha value is -1.06. The Balaban J connectivity index is 2.70. The Kier molecular flexibility index (Phi) is 3.72.